The van der Waals surface area contributed by atoms with Gasteiger partial charge in [-0.3, -0.25) is 4.90 Å². The molecule has 0 unspecified atom stereocenters. The first kappa shape index (κ1) is 18.1. The van der Waals surface area contributed by atoms with Crippen molar-refractivity contribution in [1.82, 2.24) is 15.1 Å². The average Bonchev–Trinajstić information content (AvgIpc) is 2.84. The predicted octanol–water partition coefficient (Wildman–Crippen LogP) is 1.17. The van der Waals surface area contributed by atoms with Crippen molar-refractivity contribution >= 4 is 14.2 Å². The van der Waals surface area contributed by atoms with Crippen LogP contribution in [0.2, 0.25) is 25.7 Å². The number of carbonyl (C=O) groups excluding carboxylic acids is 1. The Kier molecular flexibility index (Phi) is 6.31. The third-order valence-corrected chi connectivity index (χ3v) is 5.62. The quantitative estimate of drug-likeness (QED) is 0.509. The Morgan fingerprint density at radius 1 is 1.48 bits per heavy atom. The second kappa shape index (κ2) is 8.03. The molecule has 132 valence electrons. The van der Waals surface area contributed by atoms with E-state index >= 15 is 0 Å². The van der Waals surface area contributed by atoms with Crippen LogP contribution in [0.1, 0.15) is 6.42 Å². The molecular weight excluding hydrogens is 312 g/mol. The number of nitrogens with zero attached hydrogens (tertiary/aromatic N) is 2. The van der Waals surface area contributed by atoms with E-state index in [4.69, 9.17) is 15.2 Å². The molecule has 2 aliphatic heterocycles. The summed E-state index contributed by atoms with van der Waals surface area (Å²) in [6, 6.07) is 1.16. The molecule has 2 rings (SSSR count). The maximum atomic E-state index is 12.0. The Hall–Kier alpha value is -1.25. The molecule has 3 N–H and O–H groups in total. The Bertz CT molecular complexity index is 439. The zero-order valence-corrected chi connectivity index (χ0v) is 15.5. The predicted molar refractivity (Wildman–Crippen MR) is 92.4 cm³/mol. The molecular formula is C15H30N4O3Si. The van der Waals surface area contributed by atoms with E-state index < -0.39 is 8.07 Å². The number of hydrogen-bond donors (Lipinski definition) is 2. The van der Waals surface area contributed by atoms with Crippen molar-refractivity contribution in [3.8, 4) is 0 Å². The number of ether oxygens (including phenoxy) is 2. The number of amides is 1. The van der Waals surface area contributed by atoms with Gasteiger partial charge in [0.25, 0.3) is 0 Å². The fraction of sp³-hybridized carbons (Fsp3) is 0.800. The molecule has 0 spiro atoms. The van der Waals surface area contributed by atoms with Gasteiger partial charge in [-0.05, 0) is 19.0 Å². The highest BCUT2D eigenvalue weighted by atomic mass is 28.3. The van der Waals surface area contributed by atoms with Gasteiger partial charge in [0, 0.05) is 34.0 Å². The van der Waals surface area contributed by atoms with E-state index in [-0.39, 0.29) is 12.2 Å². The SMILES string of the molecule is C[Si](C)(C)CCOCN1C=C(N2C[C@@H](CCN)OC2=O)NCC1. The van der Waals surface area contributed by atoms with Crippen LogP contribution < -0.4 is 11.1 Å². The zero-order valence-electron chi connectivity index (χ0n) is 14.5. The van der Waals surface area contributed by atoms with Gasteiger partial charge >= 0.3 is 6.09 Å². The fourth-order valence-corrected chi connectivity index (χ4v) is 3.25. The third-order valence-electron chi connectivity index (χ3n) is 3.92. The summed E-state index contributed by atoms with van der Waals surface area (Å²) in [6.45, 7) is 11.1. The lowest BCUT2D eigenvalue weighted by Gasteiger charge is -2.30. The van der Waals surface area contributed by atoms with Crippen LogP contribution >= 0.6 is 0 Å². The smallest absolute Gasteiger partial charge is 0.415 e. The first-order chi connectivity index (χ1) is 10.9. The Morgan fingerprint density at radius 3 is 2.96 bits per heavy atom. The van der Waals surface area contributed by atoms with Crippen LogP contribution in [0.25, 0.3) is 0 Å². The van der Waals surface area contributed by atoms with Crippen LogP contribution in [0.15, 0.2) is 12.0 Å². The number of hydrogen-bond acceptors (Lipinski definition) is 6. The van der Waals surface area contributed by atoms with E-state index in [1.54, 1.807) is 4.90 Å². The van der Waals surface area contributed by atoms with Crippen molar-refractivity contribution in [3.05, 3.63) is 12.0 Å². The molecule has 0 bridgehead atoms. The fourth-order valence-electron chi connectivity index (χ4n) is 2.49. The topological polar surface area (TPSA) is 80.1 Å². The van der Waals surface area contributed by atoms with Gasteiger partial charge in [0.05, 0.1) is 6.54 Å². The van der Waals surface area contributed by atoms with Gasteiger partial charge in [-0.1, -0.05) is 19.6 Å². The molecule has 1 amide bonds. The molecule has 23 heavy (non-hydrogen) atoms. The second-order valence-corrected chi connectivity index (χ2v) is 12.9. The van der Waals surface area contributed by atoms with Gasteiger partial charge in [-0.25, -0.2) is 4.79 Å². The Balaban J connectivity index is 1.83. The van der Waals surface area contributed by atoms with E-state index in [0.29, 0.717) is 26.2 Å². The Morgan fingerprint density at radius 2 is 2.26 bits per heavy atom. The number of rotatable bonds is 8. The molecule has 0 aromatic heterocycles. The van der Waals surface area contributed by atoms with Crippen LogP contribution in [-0.2, 0) is 9.47 Å². The molecule has 0 aromatic carbocycles. The van der Waals surface area contributed by atoms with Gasteiger partial charge in [0.15, 0.2) is 0 Å². The first-order valence-electron chi connectivity index (χ1n) is 8.35. The first-order valence-corrected chi connectivity index (χ1v) is 12.1. The number of carbonyl (C=O) groups is 1. The van der Waals surface area contributed by atoms with Crippen LogP contribution in [0, 0.1) is 0 Å². The molecule has 0 aliphatic carbocycles. The summed E-state index contributed by atoms with van der Waals surface area (Å²) in [5.41, 5.74) is 5.54. The minimum atomic E-state index is -1.05. The maximum Gasteiger partial charge on any atom is 0.415 e. The summed E-state index contributed by atoms with van der Waals surface area (Å²) >= 11 is 0. The Labute approximate surface area is 139 Å². The summed E-state index contributed by atoms with van der Waals surface area (Å²) in [5, 5.41) is 3.26. The standard InChI is InChI=1S/C15H30N4O3Si/c1-23(2,3)9-8-21-12-18-7-6-17-14(11-18)19-10-13(4-5-16)22-15(19)20/h11,13,17H,4-10,12,16H2,1-3H3/t13-/m1/s1. The van der Waals surface area contributed by atoms with Crippen LogP contribution in [-0.4, -0.2) is 69.6 Å². The van der Waals surface area contributed by atoms with E-state index in [2.05, 4.69) is 29.9 Å². The van der Waals surface area contributed by atoms with Gasteiger partial charge in [0.1, 0.15) is 18.7 Å². The molecule has 1 saturated heterocycles. The van der Waals surface area contributed by atoms with Crippen molar-refractivity contribution < 1.29 is 14.3 Å². The van der Waals surface area contributed by atoms with E-state index in [1.165, 1.54) is 0 Å². The van der Waals surface area contributed by atoms with E-state index in [9.17, 15) is 4.79 Å². The molecule has 0 saturated carbocycles. The highest BCUT2D eigenvalue weighted by Gasteiger charge is 2.34. The molecule has 0 aromatic rings. The van der Waals surface area contributed by atoms with Crippen LogP contribution in [0.3, 0.4) is 0 Å². The molecule has 2 heterocycles. The van der Waals surface area contributed by atoms with Crippen molar-refractivity contribution in [2.75, 3.05) is 39.5 Å². The van der Waals surface area contributed by atoms with Gasteiger partial charge < -0.3 is 25.4 Å². The molecule has 7 nitrogen and oxygen atoms in total. The number of cyclic esters (lactones) is 1. The highest BCUT2D eigenvalue weighted by Crippen LogP contribution is 2.19. The lowest BCUT2D eigenvalue weighted by molar-refractivity contribution is 0.0571. The normalized spacial score (nSPS) is 22.0. The van der Waals surface area contributed by atoms with Crippen molar-refractivity contribution in [1.29, 1.82) is 0 Å². The maximum absolute atomic E-state index is 12.0. The van der Waals surface area contributed by atoms with Crippen molar-refractivity contribution in [3.63, 3.8) is 0 Å². The molecule has 0 radical (unpaired) electrons. The highest BCUT2D eigenvalue weighted by molar-refractivity contribution is 6.76. The third kappa shape index (κ3) is 5.71. The zero-order chi connectivity index (χ0) is 16.9. The monoisotopic (exact) mass is 342 g/mol. The lowest BCUT2D eigenvalue weighted by Crippen LogP contribution is -2.43. The summed E-state index contributed by atoms with van der Waals surface area (Å²) < 4.78 is 11.1. The van der Waals surface area contributed by atoms with Crippen LogP contribution in [0.4, 0.5) is 4.79 Å². The largest absolute Gasteiger partial charge is 0.444 e. The minimum Gasteiger partial charge on any atom is -0.444 e. The summed E-state index contributed by atoms with van der Waals surface area (Å²) in [4.78, 5) is 15.7. The molecule has 1 fully saturated rings. The van der Waals surface area contributed by atoms with E-state index in [1.807, 2.05) is 6.20 Å². The summed E-state index contributed by atoms with van der Waals surface area (Å²) in [7, 11) is -1.05. The number of nitrogens with two attached hydrogens (primary N) is 1. The average molecular weight is 343 g/mol. The molecule has 1 atom stereocenters. The summed E-state index contributed by atoms with van der Waals surface area (Å²) in [6.07, 6.45) is 2.23. The van der Waals surface area contributed by atoms with Crippen LogP contribution in [0.5, 0.6) is 0 Å². The van der Waals surface area contributed by atoms with E-state index in [0.717, 1.165) is 31.6 Å². The van der Waals surface area contributed by atoms with Gasteiger partial charge in [0.2, 0.25) is 0 Å². The molecule has 8 heteroatoms. The summed E-state index contributed by atoms with van der Waals surface area (Å²) in [5.74, 6) is 0.787. The lowest BCUT2D eigenvalue weighted by atomic mass is 10.2. The molecule has 2 aliphatic rings. The second-order valence-electron chi connectivity index (χ2n) is 7.30. The number of nitrogens with one attached hydrogen (secondary N) is 1. The van der Waals surface area contributed by atoms with Gasteiger partial charge in [-0.15, -0.1) is 0 Å². The van der Waals surface area contributed by atoms with Crippen molar-refractivity contribution in [2.45, 2.75) is 38.2 Å². The van der Waals surface area contributed by atoms with Gasteiger partial charge in [-0.2, -0.15) is 0 Å². The minimum absolute atomic E-state index is 0.112. The van der Waals surface area contributed by atoms with Crippen molar-refractivity contribution in [2.24, 2.45) is 5.73 Å².